The van der Waals surface area contributed by atoms with Crippen LogP contribution in [0.3, 0.4) is 0 Å². The van der Waals surface area contributed by atoms with Gasteiger partial charge < -0.3 is 28.8 Å². The monoisotopic (exact) mass is 432 g/mol. The van der Waals surface area contributed by atoms with Gasteiger partial charge in [0.05, 0.1) is 24.2 Å². The second kappa shape index (κ2) is 11.2. The van der Waals surface area contributed by atoms with Crippen LogP contribution >= 0.6 is 0 Å². The average Bonchev–Trinajstić information content (AvgIpc) is 3.07. The van der Waals surface area contributed by atoms with Crippen LogP contribution < -0.4 is 0 Å². The maximum atomic E-state index is 11.7. The maximum Gasteiger partial charge on any atom is 0.311 e. The standard InChI is InChI=1S/C14H26O4.C9H18O3/c1-7-8-10-11(18-14(5,6)17-10)9-16-12(15)13(2,3)4;1-4-5-7-8(6-10)12-9(2,3)11-7/h10-11H,7-9H2,1-6H3;7-8,10H,4-6H2,1-3H3/t10-,11+;7-,8+/m00/s1. The molecule has 0 aromatic rings. The Bertz CT molecular complexity index is 524. The Kier molecular flexibility index (Phi) is 10.2. The van der Waals surface area contributed by atoms with Crippen LogP contribution in [0, 0.1) is 5.41 Å². The number of ether oxygens (including phenoxy) is 5. The van der Waals surface area contributed by atoms with E-state index in [4.69, 9.17) is 28.8 Å². The van der Waals surface area contributed by atoms with Crippen LogP contribution in [0.4, 0.5) is 0 Å². The lowest BCUT2D eigenvalue weighted by Gasteiger charge is -2.20. The summed E-state index contributed by atoms with van der Waals surface area (Å²) in [7, 11) is 0. The summed E-state index contributed by atoms with van der Waals surface area (Å²) in [6, 6.07) is 0. The maximum absolute atomic E-state index is 11.7. The van der Waals surface area contributed by atoms with E-state index >= 15 is 0 Å². The highest BCUT2D eigenvalue weighted by atomic mass is 16.8. The molecule has 0 aliphatic carbocycles. The van der Waals surface area contributed by atoms with Crippen LogP contribution in [-0.4, -0.2) is 60.3 Å². The Hall–Kier alpha value is -0.730. The van der Waals surface area contributed by atoms with Gasteiger partial charge in [-0.25, -0.2) is 0 Å². The van der Waals surface area contributed by atoms with E-state index in [-0.39, 0.29) is 43.6 Å². The zero-order chi connectivity index (χ0) is 23.2. The summed E-state index contributed by atoms with van der Waals surface area (Å²) in [5, 5.41) is 8.99. The van der Waals surface area contributed by atoms with E-state index in [2.05, 4.69) is 13.8 Å². The third-order valence-electron chi connectivity index (χ3n) is 4.89. The molecule has 4 atom stereocenters. The van der Waals surface area contributed by atoms with Gasteiger partial charge in [0, 0.05) is 0 Å². The van der Waals surface area contributed by atoms with Gasteiger partial charge in [-0.1, -0.05) is 26.7 Å². The van der Waals surface area contributed by atoms with E-state index in [1.165, 1.54) is 0 Å². The molecule has 7 nitrogen and oxygen atoms in total. The van der Waals surface area contributed by atoms with Crippen molar-refractivity contribution in [3.05, 3.63) is 0 Å². The topological polar surface area (TPSA) is 83.5 Å². The molecule has 178 valence electrons. The molecule has 0 radical (unpaired) electrons. The first-order valence-electron chi connectivity index (χ1n) is 11.2. The van der Waals surface area contributed by atoms with Gasteiger partial charge in [-0.3, -0.25) is 4.79 Å². The van der Waals surface area contributed by atoms with Crippen molar-refractivity contribution in [1.82, 2.24) is 0 Å². The lowest BCUT2D eigenvalue weighted by atomic mass is 9.97. The first kappa shape index (κ1) is 27.3. The molecule has 0 aromatic carbocycles. The fourth-order valence-electron chi connectivity index (χ4n) is 3.55. The zero-order valence-electron chi connectivity index (χ0n) is 20.4. The summed E-state index contributed by atoms with van der Waals surface area (Å²) in [6.45, 7) is 17.6. The quantitative estimate of drug-likeness (QED) is 0.604. The molecule has 2 aliphatic rings. The van der Waals surface area contributed by atoms with E-state index in [1.54, 1.807) is 0 Å². The van der Waals surface area contributed by atoms with Crippen molar-refractivity contribution in [3.8, 4) is 0 Å². The predicted molar refractivity (Wildman–Crippen MR) is 115 cm³/mol. The summed E-state index contributed by atoms with van der Waals surface area (Å²) >= 11 is 0. The first-order valence-corrected chi connectivity index (χ1v) is 11.2. The molecule has 7 heteroatoms. The Morgan fingerprint density at radius 3 is 1.63 bits per heavy atom. The van der Waals surface area contributed by atoms with E-state index in [1.807, 2.05) is 48.5 Å². The molecule has 2 rings (SSSR count). The van der Waals surface area contributed by atoms with Crippen molar-refractivity contribution in [2.45, 2.75) is 124 Å². The van der Waals surface area contributed by atoms with E-state index < -0.39 is 17.0 Å². The molecule has 30 heavy (non-hydrogen) atoms. The molecule has 2 fully saturated rings. The van der Waals surface area contributed by atoms with Crippen molar-refractivity contribution < 1.29 is 33.6 Å². The van der Waals surface area contributed by atoms with Crippen LogP contribution in [0.25, 0.3) is 0 Å². The molecule has 2 aliphatic heterocycles. The summed E-state index contributed by atoms with van der Waals surface area (Å²) in [6.07, 6.45) is 3.73. The number of hydrogen-bond acceptors (Lipinski definition) is 7. The van der Waals surface area contributed by atoms with Crippen LogP contribution in [0.5, 0.6) is 0 Å². The number of esters is 1. The van der Waals surface area contributed by atoms with Crippen molar-refractivity contribution >= 4 is 5.97 Å². The molecule has 0 bridgehead atoms. The second-order valence-corrected chi connectivity index (χ2v) is 10.0. The summed E-state index contributed by atoms with van der Waals surface area (Å²) in [5.41, 5.74) is -0.477. The smallest absolute Gasteiger partial charge is 0.311 e. The fourth-order valence-corrected chi connectivity index (χ4v) is 3.55. The van der Waals surface area contributed by atoms with Gasteiger partial charge in [0.2, 0.25) is 0 Å². The minimum absolute atomic E-state index is 0.0118. The van der Waals surface area contributed by atoms with Crippen molar-refractivity contribution in [3.63, 3.8) is 0 Å². The molecule has 0 unspecified atom stereocenters. The third kappa shape index (κ3) is 8.79. The van der Waals surface area contributed by atoms with E-state index in [0.29, 0.717) is 0 Å². The van der Waals surface area contributed by atoms with E-state index in [9.17, 15) is 4.79 Å². The largest absolute Gasteiger partial charge is 0.462 e. The minimum Gasteiger partial charge on any atom is -0.462 e. The van der Waals surface area contributed by atoms with Gasteiger partial charge in [0.1, 0.15) is 18.8 Å². The Balaban J connectivity index is 0.000000325. The first-order chi connectivity index (χ1) is 13.7. The van der Waals surface area contributed by atoms with Crippen LogP contribution in [-0.2, 0) is 28.5 Å². The zero-order valence-corrected chi connectivity index (χ0v) is 20.4. The molecular weight excluding hydrogens is 388 g/mol. The van der Waals surface area contributed by atoms with Gasteiger partial charge in [-0.05, 0) is 61.3 Å². The van der Waals surface area contributed by atoms with Crippen LogP contribution in [0.15, 0.2) is 0 Å². The summed E-state index contributed by atoms with van der Waals surface area (Å²) in [5.74, 6) is -1.31. The highest BCUT2D eigenvalue weighted by Gasteiger charge is 2.42. The number of hydrogen-bond donors (Lipinski definition) is 1. The van der Waals surface area contributed by atoms with Gasteiger partial charge in [0.25, 0.3) is 0 Å². The van der Waals surface area contributed by atoms with Crippen molar-refractivity contribution in [2.24, 2.45) is 5.41 Å². The van der Waals surface area contributed by atoms with Crippen molar-refractivity contribution in [1.29, 1.82) is 0 Å². The molecule has 0 amide bonds. The highest BCUT2D eigenvalue weighted by molar-refractivity contribution is 5.75. The van der Waals surface area contributed by atoms with Gasteiger partial charge in [0.15, 0.2) is 11.6 Å². The molecule has 0 aromatic heterocycles. The molecule has 2 heterocycles. The van der Waals surface area contributed by atoms with Crippen molar-refractivity contribution in [2.75, 3.05) is 13.2 Å². The second-order valence-electron chi connectivity index (χ2n) is 10.0. The van der Waals surface area contributed by atoms with E-state index in [0.717, 1.165) is 25.7 Å². The Labute approximate surface area is 182 Å². The molecule has 0 spiro atoms. The summed E-state index contributed by atoms with van der Waals surface area (Å²) < 4.78 is 28.0. The van der Waals surface area contributed by atoms with Gasteiger partial charge >= 0.3 is 5.97 Å². The lowest BCUT2D eigenvalue weighted by molar-refractivity contribution is -0.165. The van der Waals surface area contributed by atoms with Crippen LogP contribution in [0.1, 0.15) is 88.0 Å². The predicted octanol–water partition coefficient (Wildman–Crippen LogP) is 4.19. The minimum atomic E-state index is -0.585. The fraction of sp³-hybridized carbons (Fsp3) is 0.957. The van der Waals surface area contributed by atoms with Crippen LogP contribution in [0.2, 0.25) is 0 Å². The molecule has 0 saturated carbocycles. The summed E-state index contributed by atoms with van der Waals surface area (Å²) in [4.78, 5) is 11.7. The van der Waals surface area contributed by atoms with Gasteiger partial charge in [-0.15, -0.1) is 0 Å². The Morgan fingerprint density at radius 1 is 0.833 bits per heavy atom. The third-order valence-corrected chi connectivity index (χ3v) is 4.89. The molecule has 1 N–H and O–H groups in total. The van der Waals surface area contributed by atoms with Gasteiger partial charge in [-0.2, -0.15) is 0 Å². The average molecular weight is 433 g/mol. The Morgan fingerprint density at radius 2 is 1.23 bits per heavy atom. The lowest BCUT2D eigenvalue weighted by Crippen LogP contribution is -2.32. The molecular formula is C23H44O7. The number of rotatable bonds is 7. The normalized spacial score (nSPS) is 29.9. The number of aliphatic hydroxyl groups is 1. The number of carbonyl (C=O) groups excluding carboxylic acids is 1. The number of aliphatic hydroxyl groups excluding tert-OH is 1. The SMILES string of the molecule is CCC[C@@H]1OC(C)(C)O[C@@H]1CO.CCC[C@@H]1OC(C)(C)O[C@@H]1COC(=O)C(C)(C)C. The number of carbonyl (C=O) groups is 1. The highest BCUT2D eigenvalue weighted by Crippen LogP contribution is 2.31. The molecule has 2 saturated heterocycles.